The van der Waals surface area contributed by atoms with E-state index in [0.29, 0.717) is 15.6 Å². The van der Waals surface area contributed by atoms with Crippen LogP contribution in [0.3, 0.4) is 0 Å². The molecule has 2 rings (SSSR count). The number of nitrogens with zero attached hydrogens (tertiary/aromatic N) is 4. The molecule has 20 heavy (non-hydrogen) atoms. The van der Waals surface area contributed by atoms with Crippen LogP contribution in [-0.2, 0) is 11.9 Å². The predicted molar refractivity (Wildman–Crippen MR) is 75.7 cm³/mol. The standard InChI is InChI=1S/C12H13ClN4O2S/c1-16-5-4-14-12(16)20-10-9(13)6-8(7-15-10)11(18)17(2)19-3/h4-7H,1-3H3. The van der Waals surface area contributed by atoms with E-state index in [0.717, 1.165) is 10.2 Å². The number of aromatic nitrogens is 3. The van der Waals surface area contributed by atoms with Gasteiger partial charge in [0.2, 0.25) is 0 Å². The van der Waals surface area contributed by atoms with Gasteiger partial charge in [0.05, 0.1) is 17.7 Å². The fourth-order valence-corrected chi connectivity index (χ4v) is 2.45. The molecule has 0 atom stereocenters. The molecule has 2 aromatic heterocycles. The summed E-state index contributed by atoms with van der Waals surface area (Å²) in [5.74, 6) is -0.310. The monoisotopic (exact) mass is 312 g/mol. The van der Waals surface area contributed by atoms with E-state index in [4.69, 9.17) is 16.4 Å². The summed E-state index contributed by atoms with van der Waals surface area (Å²) in [6.45, 7) is 0. The molecule has 2 heterocycles. The number of aryl methyl sites for hydroxylation is 1. The van der Waals surface area contributed by atoms with Crippen molar-refractivity contribution in [3.05, 3.63) is 35.2 Å². The molecule has 0 aliphatic rings. The second kappa shape index (κ2) is 6.25. The molecular weight excluding hydrogens is 300 g/mol. The summed E-state index contributed by atoms with van der Waals surface area (Å²) >= 11 is 7.49. The van der Waals surface area contributed by atoms with E-state index >= 15 is 0 Å². The normalized spacial score (nSPS) is 10.6. The summed E-state index contributed by atoms with van der Waals surface area (Å²) in [6.07, 6.45) is 5.00. The number of carbonyl (C=O) groups is 1. The van der Waals surface area contributed by atoms with Gasteiger partial charge in [-0.3, -0.25) is 9.63 Å². The largest absolute Gasteiger partial charge is 0.329 e. The van der Waals surface area contributed by atoms with E-state index < -0.39 is 0 Å². The lowest BCUT2D eigenvalue weighted by atomic mass is 10.3. The van der Waals surface area contributed by atoms with Crippen molar-refractivity contribution in [3.63, 3.8) is 0 Å². The average molecular weight is 313 g/mol. The molecule has 0 saturated carbocycles. The van der Waals surface area contributed by atoms with Gasteiger partial charge in [-0.2, -0.15) is 0 Å². The molecule has 0 radical (unpaired) electrons. The third-order valence-corrected chi connectivity index (χ3v) is 4.07. The second-order valence-electron chi connectivity index (χ2n) is 3.92. The molecular formula is C12H13ClN4O2S. The van der Waals surface area contributed by atoms with Crippen molar-refractivity contribution < 1.29 is 9.63 Å². The summed E-state index contributed by atoms with van der Waals surface area (Å²) < 4.78 is 1.86. The molecule has 6 nitrogen and oxygen atoms in total. The summed E-state index contributed by atoms with van der Waals surface area (Å²) in [5.41, 5.74) is 0.364. The van der Waals surface area contributed by atoms with Gasteiger partial charge >= 0.3 is 0 Å². The van der Waals surface area contributed by atoms with Gasteiger partial charge in [0.1, 0.15) is 5.03 Å². The highest BCUT2D eigenvalue weighted by molar-refractivity contribution is 7.99. The molecule has 0 N–H and O–H groups in total. The third kappa shape index (κ3) is 3.12. The Hall–Kier alpha value is -1.57. The highest BCUT2D eigenvalue weighted by atomic mass is 35.5. The number of imidazole rings is 1. The van der Waals surface area contributed by atoms with Gasteiger partial charge in [-0.25, -0.2) is 15.0 Å². The molecule has 0 aliphatic heterocycles. The average Bonchev–Trinajstić information content (AvgIpc) is 2.84. The van der Waals surface area contributed by atoms with Crippen LogP contribution in [-0.4, -0.2) is 39.7 Å². The highest BCUT2D eigenvalue weighted by Crippen LogP contribution is 2.30. The number of halogens is 1. The van der Waals surface area contributed by atoms with Gasteiger partial charge in [0.25, 0.3) is 5.91 Å². The maximum atomic E-state index is 11.9. The third-order valence-electron chi connectivity index (χ3n) is 2.58. The van der Waals surface area contributed by atoms with Gasteiger partial charge in [-0.15, -0.1) is 0 Å². The summed E-state index contributed by atoms with van der Waals surface area (Å²) in [4.78, 5) is 25.1. The van der Waals surface area contributed by atoms with Crippen molar-refractivity contribution in [2.75, 3.05) is 14.2 Å². The second-order valence-corrected chi connectivity index (χ2v) is 5.28. The minimum atomic E-state index is -0.310. The zero-order chi connectivity index (χ0) is 14.7. The molecule has 0 bridgehead atoms. The lowest BCUT2D eigenvalue weighted by Gasteiger charge is -2.13. The Kier molecular flexibility index (Phi) is 4.64. The van der Waals surface area contributed by atoms with E-state index in [-0.39, 0.29) is 5.91 Å². The molecule has 0 spiro atoms. The number of hydroxylamine groups is 2. The van der Waals surface area contributed by atoms with Crippen molar-refractivity contribution >= 4 is 29.3 Å². The fraction of sp³-hybridized carbons (Fsp3) is 0.250. The lowest BCUT2D eigenvalue weighted by molar-refractivity contribution is -0.0757. The minimum Gasteiger partial charge on any atom is -0.329 e. The molecule has 106 valence electrons. The van der Waals surface area contributed by atoms with Crippen LogP contribution in [0.25, 0.3) is 0 Å². The van der Waals surface area contributed by atoms with E-state index in [9.17, 15) is 4.79 Å². The molecule has 0 fully saturated rings. The maximum Gasteiger partial charge on any atom is 0.278 e. The van der Waals surface area contributed by atoms with Crippen molar-refractivity contribution in [2.45, 2.75) is 10.2 Å². The molecule has 0 aromatic carbocycles. The van der Waals surface area contributed by atoms with Crippen LogP contribution in [0.4, 0.5) is 0 Å². The first-order chi connectivity index (χ1) is 9.52. The molecule has 0 saturated heterocycles. The van der Waals surface area contributed by atoms with Crippen molar-refractivity contribution in [1.82, 2.24) is 19.6 Å². The number of hydrogen-bond acceptors (Lipinski definition) is 5. The smallest absolute Gasteiger partial charge is 0.278 e. The van der Waals surface area contributed by atoms with Crippen LogP contribution in [0.5, 0.6) is 0 Å². The summed E-state index contributed by atoms with van der Waals surface area (Å²) in [6, 6.07) is 1.57. The fourth-order valence-electron chi connectivity index (χ4n) is 1.42. The van der Waals surface area contributed by atoms with Gasteiger partial charge in [0.15, 0.2) is 5.16 Å². The Labute approximate surface area is 125 Å². The zero-order valence-electron chi connectivity index (χ0n) is 11.2. The summed E-state index contributed by atoms with van der Waals surface area (Å²) in [5, 5.41) is 2.87. The van der Waals surface area contributed by atoms with Crippen LogP contribution >= 0.6 is 23.4 Å². The quantitative estimate of drug-likeness (QED) is 0.810. The molecule has 0 aliphatic carbocycles. The maximum absolute atomic E-state index is 11.9. The van der Waals surface area contributed by atoms with Crippen LogP contribution in [0.15, 0.2) is 34.8 Å². The number of pyridine rings is 1. The number of amides is 1. The summed E-state index contributed by atoms with van der Waals surface area (Å²) in [7, 11) is 4.82. The zero-order valence-corrected chi connectivity index (χ0v) is 12.8. The number of carbonyl (C=O) groups excluding carboxylic acids is 1. The van der Waals surface area contributed by atoms with Crippen LogP contribution in [0.2, 0.25) is 5.02 Å². The molecule has 8 heteroatoms. The van der Waals surface area contributed by atoms with E-state index in [1.807, 2.05) is 17.8 Å². The topological polar surface area (TPSA) is 60.2 Å². The number of hydrogen-bond donors (Lipinski definition) is 0. The van der Waals surface area contributed by atoms with Gasteiger partial charge in [0, 0.05) is 32.7 Å². The Balaban J connectivity index is 2.22. The van der Waals surface area contributed by atoms with Crippen LogP contribution in [0, 0.1) is 0 Å². The van der Waals surface area contributed by atoms with Crippen molar-refractivity contribution in [1.29, 1.82) is 0 Å². The van der Waals surface area contributed by atoms with Crippen LogP contribution in [0.1, 0.15) is 10.4 Å². The molecule has 2 aromatic rings. The van der Waals surface area contributed by atoms with E-state index in [1.165, 1.54) is 32.1 Å². The van der Waals surface area contributed by atoms with E-state index in [2.05, 4.69) is 9.97 Å². The molecule has 0 unspecified atom stereocenters. The van der Waals surface area contributed by atoms with Gasteiger partial charge in [-0.1, -0.05) is 11.6 Å². The highest BCUT2D eigenvalue weighted by Gasteiger charge is 2.15. The Morgan fingerprint density at radius 2 is 2.25 bits per heavy atom. The van der Waals surface area contributed by atoms with Gasteiger partial charge < -0.3 is 4.57 Å². The van der Waals surface area contributed by atoms with Crippen molar-refractivity contribution in [2.24, 2.45) is 7.05 Å². The lowest BCUT2D eigenvalue weighted by Crippen LogP contribution is -2.25. The first kappa shape index (κ1) is 14.8. The SMILES string of the molecule is CON(C)C(=O)c1cnc(Sc2nccn2C)c(Cl)c1. The van der Waals surface area contributed by atoms with Crippen molar-refractivity contribution in [3.8, 4) is 0 Å². The molecule has 1 amide bonds. The first-order valence-electron chi connectivity index (χ1n) is 5.65. The van der Waals surface area contributed by atoms with Gasteiger partial charge in [-0.05, 0) is 17.8 Å². The first-order valence-corrected chi connectivity index (χ1v) is 6.85. The number of rotatable bonds is 4. The van der Waals surface area contributed by atoms with E-state index in [1.54, 1.807) is 12.3 Å². The predicted octanol–water partition coefficient (Wildman–Crippen LogP) is 2.25. The Morgan fingerprint density at radius 1 is 1.50 bits per heavy atom. The Morgan fingerprint density at radius 3 is 2.80 bits per heavy atom. The minimum absolute atomic E-state index is 0.310. The van der Waals surface area contributed by atoms with Crippen LogP contribution < -0.4 is 0 Å². The Bertz CT molecular complexity index is 632.